The second-order valence-corrected chi connectivity index (χ2v) is 12.8. The average Bonchev–Trinajstić information content (AvgIpc) is 3.73. The van der Waals surface area contributed by atoms with Crippen LogP contribution in [0.3, 0.4) is 0 Å². The second-order valence-electron chi connectivity index (χ2n) is 12.8. The zero-order chi connectivity index (χ0) is 30.9. The van der Waals surface area contributed by atoms with Crippen LogP contribution in [0.5, 0.6) is 0 Å². The number of rotatable bonds is 10. The van der Waals surface area contributed by atoms with Gasteiger partial charge in [-0.3, -0.25) is 4.79 Å². The smallest absolute Gasteiger partial charge is 0.409 e. The number of carbonyl (C=O) groups excluding carboxylic acids is 2. The monoisotopic (exact) mass is 606 g/mol. The lowest BCUT2D eigenvalue weighted by Gasteiger charge is -2.40. The summed E-state index contributed by atoms with van der Waals surface area (Å²) in [6.07, 6.45) is 5.82. The van der Waals surface area contributed by atoms with Gasteiger partial charge in [0.1, 0.15) is 6.61 Å². The van der Waals surface area contributed by atoms with E-state index in [9.17, 15) is 9.59 Å². The summed E-state index contributed by atoms with van der Waals surface area (Å²) in [6, 6.07) is 24.7. The van der Waals surface area contributed by atoms with E-state index < -0.39 is 6.09 Å². The molecule has 3 atom stereocenters. The minimum atomic E-state index is -0.406. The number of nitrogens with zero attached hydrogens (tertiary/aromatic N) is 2. The molecule has 1 aromatic heterocycles. The van der Waals surface area contributed by atoms with E-state index in [2.05, 4.69) is 52.5 Å². The maximum atomic E-state index is 14.5. The Hall–Kier alpha value is -4.14. The third-order valence-corrected chi connectivity index (χ3v) is 9.76. The highest BCUT2D eigenvalue weighted by molar-refractivity contribution is 5.86. The first-order valence-corrected chi connectivity index (χ1v) is 16.3. The Morgan fingerprint density at radius 2 is 1.67 bits per heavy atom. The van der Waals surface area contributed by atoms with Crippen molar-refractivity contribution in [2.24, 2.45) is 11.7 Å². The fourth-order valence-electron chi connectivity index (χ4n) is 7.54. The number of aromatic nitrogens is 1. The van der Waals surface area contributed by atoms with Gasteiger partial charge >= 0.3 is 6.09 Å². The fraction of sp³-hybridized carbons (Fsp3) is 0.405. The molecule has 0 bridgehead atoms. The zero-order valence-electron chi connectivity index (χ0n) is 25.9. The lowest BCUT2D eigenvalue weighted by atomic mass is 9.91. The number of benzene rings is 3. The Kier molecular flexibility index (Phi) is 8.34. The Labute approximate surface area is 264 Å². The highest BCUT2D eigenvalue weighted by atomic mass is 16.6. The van der Waals surface area contributed by atoms with E-state index in [1.807, 2.05) is 36.4 Å². The number of aromatic amines is 1. The van der Waals surface area contributed by atoms with Gasteiger partial charge in [-0.15, -0.1) is 0 Å². The van der Waals surface area contributed by atoms with Crippen molar-refractivity contribution in [1.82, 2.24) is 14.8 Å². The van der Waals surface area contributed by atoms with Crippen molar-refractivity contribution in [3.05, 3.63) is 95.7 Å². The van der Waals surface area contributed by atoms with Crippen molar-refractivity contribution in [2.45, 2.75) is 56.1 Å². The number of H-pyrrole nitrogens is 1. The van der Waals surface area contributed by atoms with Crippen molar-refractivity contribution in [3.8, 4) is 11.1 Å². The molecule has 3 aliphatic rings. The van der Waals surface area contributed by atoms with Crippen LogP contribution in [0.1, 0.15) is 60.8 Å². The van der Waals surface area contributed by atoms with Gasteiger partial charge in [0.2, 0.25) is 5.91 Å². The molecule has 8 nitrogen and oxygen atoms in total. The van der Waals surface area contributed by atoms with E-state index in [0.29, 0.717) is 26.1 Å². The summed E-state index contributed by atoms with van der Waals surface area (Å²) in [5.41, 5.74) is 13.5. The molecule has 0 spiro atoms. The number of hydrogen-bond donors (Lipinski definition) is 2. The summed E-state index contributed by atoms with van der Waals surface area (Å²) in [5.74, 6) is -0.326. The molecule has 1 saturated carbocycles. The Morgan fingerprint density at radius 3 is 2.38 bits per heavy atom. The van der Waals surface area contributed by atoms with Crippen molar-refractivity contribution < 1.29 is 19.1 Å². The molecule has 45 heavy (non-hydrogen) atoms. The number of amides is 2. The minimum absolute atomic E-state index is 0.0216. The number of carbonyl (C=O) groups is 2. The summed E-state index contributed by atoms with van der Waals surface area (Å²) in [7, 11) is 1.71. The summed E-state index contributed by atoms with van der Waals surface area (Å²) in [4.78, 5) is 35.2. The van der Waals surface area contributed by atoms with Gasteiger partial charge in [-0.05, 0) is 66.0 Å². The quantitative estimate of drug-likeness (QED) is 0.209. The summed E-state index contributed by atoms with van der Waals surface area (Å²) >= 11 is 0. The number of methoxy groups -OCH3 is 1. The summed E-state index contributed by atoms with van der Waals surface area (Å²) in [6.45, 7) is 1.57. The molecular formula is C37H42N4O4. The molecule has 3 aromatic carbocycles. The predicted octanol–water partition coefficient (Wildman–Crippen LogP) is 6.22. The maximum absolute atomic E-state index is 14.5. The highest BCUT2D eigenvalue weighted by Gasteiger charge is 2.43. The van der Waals surface area contributed by atoms with Gasteiger partial charge in [-0.2, -0.15) is 0 Å². The third kappa shape index (κ3) is 5.85. The van der Waals surface area contributed by atoms with Gasteiger partial charge in [-0.1, -0.05) is 66.7 Å². The van der Waals surface area contributed by atoms with Gasteiger partial charge in [0, 0.05) is 61.9 Å². The number of nitrogens with one attached hydrogen (secondary N) is 1. The van der Waals surface area contributed by atoms with Gasteiger partial charge < -0.3 is 30.0 Å². The van der Waals surface area contributed by atoms with Crippen molar-refractivity contribution in [3.63, 3.8) is 0 Å². The molecule has 3 N–H and O–H groups in total. The Bertz CT molecular complexity index is 1630. The molecule has 4 aromatic rings. The van der Waals surface area contributed by atoms with Crippen LogP contribution in [-0.2, 0) is 14.3 Å². The number of piperidine rings is 1. The molecule has 2 fully saturated rings. The fourth-order valence-corrected chi connectivity index (χ4v) is 7.54. The maximum Gasteiger partial charge on any atom is 0.409 e. The van der Waals surface area contributed by atoms with Gasteiger partial charge in [0.05, 0.1) is 12.0 Å². The second kappa shape index (κ2) is 12.7. The number of likely N-dealkylation sites (tertiary alicyclic amines) is 1. The largest absolute Gasteiger partial charge is 0.448 e. The van der Waals surface area contributed by atoms with Crippen LogP contribution >= 0.6 is 0 Å². The van der Waals surface area contributed by atoms with E-state index in [0.717, 1.165) is 42.1 Å². The van der Waals surface area contributed by atoms with E-state index in [1.54, 1.807) is 12.0 Å². The normalized spacial score (nSPS) is 20.1. The van der Waals surface area contributed by atoms with Crippen molar-refractivity contribution >= 4 is 22.9 Å². The standard InChI is InChI=1S/C37H42N4O4/c1-44-18-8-15-35(32-20-39-34-14-7-6-13-31(32)34)41(26-16-17-26)36(42)24-19-25(38)22-40(21-24)37(43)45-23-33-29-11-4-2-9-27(29)28-10-3-5-12-30(28)33/h2-7,9-14,20,24-26,33,35,39H,8,15-19,21-23,38H2,1H3/t24-,25+,35?/m0/s1. The Balaban J connectivity index is 1.09. The van der Waals surface area contributed by atoms with Gasteiger partial charge in [-0.25, -0.2) is 4.79 Å². The van der Waals surface area contributed by atoms with Crippen LogP contribution in [0.4, 0.5) is 4.79 Å². The van der Waals surface area contributed by atoms with Crippen LogP contribution in [0.2, 0.25) is 0 Å². The molecule has 1 aliphatic heterocycles. The van der Waals surface area contributed by atoms with Crippen LogP contribution < -0.4 is 5.73 Å². The Morgan fingerprint density at radius 1 is 0.978 bits per heavy atom. The first-order valence-electron chi connectivity index (χ1n) is 16.3. The van der Waals surface area contributed by atoms with Gasteiger partial charge in [0.15, 0.2) is 0 Å². The third-order valence-electron chi connectivity index (χ3n) is 9.76. The molecule has 0 radical (unpaired) electrons. The van der Waals surface area contributed by atoms with Crippen molar-refractivity contribution in [2.75, 3.05) is 33.4 Å². The lowest BCUT2D eigenvalue weighted by molar-refractivity contribution is -0.141. The zero-order valence-corrected chi connectivity index (χ0v) is 25.9. The van der Waals surface area contributed by atoms with E-state index >= 15 is 0 Å². The lowest BCUT2D eigenvalue weighted by Crippen LogP contribution is -2.54. The number of nitrogens with two attached hydrogens (primary N) is 1. The first kappa shape index (κ1) is 29.6. The molecule has 2 heterocycles. The topological polar surface area (TPSA) is 101 Å². The van der Waals surface area contributed by atoms with E-state index in [1.165, 1.54) is 22.3 Å². The van der Waals surface area contributed by atoms with Crippen molar-refractivity contribution in [1.29, 1.82) is 0 Å². The average molecular weight is 607 g/mol. The number of ether oxygens (including phenoxy) is 2. The molecule has 2 amide bonds. The van der Waals surface area contributed by atoms with Gasteiger partial charge in [0.25, 0.3) is 0 Å². The molecule has 8 heteroatoms. The van der Waals surface area contributed by atoms with Crippen LogP contribution in [-0.4, -0.2) is 72.3 Å². The van der Waals surface area contributed by atoms with E-state index in [4.69, 9.17) is 15.2 Å². The van der Waals surface area contributed by atoms with Crippen LogP contribution in [0.15, 0.2) is 79.0 Å². The number of fused-ring (bicyclic) bond motifs is 4. The van der Waals surface area contributed by atoms with E-state index in [-0.39, 0.29) is 42.5 Å². The SMILES string of the molecule is COCCCC(c1c[nH]c2ccccc12)N(C(=O)[C@H]1C[C@@H](N)CN(C(=O)OCC2c3ccccc3-c3ccccc32)C1)C1CC1. The molecule has 7 rings (SSSR count). The summed E-state index contributed by atoms with van der Waals surface area (Å²) < 4.78 is 11.4. The number of para-hydroxylation sites is 1. The molecule has 1 unspecified atom stereocenters. The van der Waals surface area contributed by atoms with Crippen LogP contribution in [0, 0.1) is 5.92 Å². The first-order chi connectivity index (χ1) is 22.0. The predicted molar refractivity (Wildman–Crippen MR) is 175 cm³/mol. The molecular weight excluding hydrogens is 564 g/mol. The van der Waals surface area contributed by atoms with Crippen LogP contribution in [0.25, 0.3) is 22.0 Å². The number of hydrogen-bond acceptors (Lipinski definition) is 5. The summed E-state index contributed by atoms with van der Waals surface area (Å²) in [5, 5.41) is 1.14. The molecule has 1 saturated heterocycles. The minimum Gasteiger partial charge on any atom is -0.448 e. The molecule has 2 aliphatic carbocycles. The highest BCUT2D eigenvalue weighted by Crippen LogP contribution is 2.45. The molecule has 234 valence electrons.